The van der Waals surface area contributed by atoms with Gasteiger partial charge in [0.2, 0.25) is 0 Å². The lowest BCUT2D eigenvalue weighted by molar-refractivity contribution is 0.775. The standard InChI is InChI=1S/C53H32N4/c54-32-34-19-21-36(22-20-34)50-31-51(57-52(56-50)37-25-23-35(24-26-37)39-10-9-29-55-33-39)38-27-28-45-41-12-2-1-11-40(41)42-13-3-6-16-46(42)53(49(45)30-38)47-17-7-4-14-43(47)44-15-5-8-18-48(44)53/h1-31,33H. The SMILES string of the molecule is N#Cc1ccc(-c2cc(-c3ccc4c(c3)C3(c5ccccc5-c5ccccc5-4)c4ccccc4-c4ccccc43)nc(-c3ccc(-c4cccnc4)cc3)n2)cc1. The minimum atomic E-state index is -0.595. The largest absolute Gasteiger partial charge is 0.264 e. The Morgan fingerprint density at radius 1 is 0.386 bits per heavy atom. The molecule has 0 atom stereocenters. The molecule has 0 unspecified atom stereocenters. The maximum absolute atomic E-state index is 9.56. The van der Waals surface area contributed by atoms with Crippen molar-refractivity contribution in [3.63, 3.8) is 0 Å². The Labute approximate surface area is 331 Å². The van der Waals surface area contributed by atoms with Gasteiger partial charge < -0.3 is 0 Å². The van der Waals surface area contributed by atoms with E-state index in [1.165, 1.54) is 55.6 Å². The van der Waals surface area contributed by atoms with Gasteiger partial charge in [-0.1, -0.05) is 152 Å². The lowest BCUT2D eigenvalue weighted by atomic mass is 9.65. The molecule has 11 rings (SSSR count). The molecule has 4 heteroatoms. The van der Waals surface area contributed by atoms with Crippen molar-refractivity contribution in [2.45, 2.75) is 5.41 Å². The number of rotatable bonds is 4. The molecule has 0 radical (unpaired) electrons. The second-order valence-electron chi connectivity index (χ2n) is 14.7. The first-order valence-corrected chi connectivity index (χ1v) is 19.1. The van der Waals surface area contributed by atoms with Crippen molar-refractivity contribution < 1.29 is 0 Å². The van der Waals surface area contributed by atoms with E-state index in [1.807, 2.05) is 36.5 Å². The van der Waals surface area contributed by atoms with Crippen LogP contribution in [0.2, 0.25) is 0 Å². The van der Waals surface area contributed by atoms with E-state index in [2.05, 4.69) is 163 Å². The Morgan fingerprint density at radius 3 is 1.46 bits per heavy atom. The fourth-order valence-electron chi connectivity index (χ4n) is 9.14. The summed E-state index contributed by atoms with van der Waals surface area (Å²) in [4.78, 5) is 14.8. The normalized spacial score (nSPS) is 12.7. The number of pyridine rings is 1. The molecule has 264 valence electrons. The summed E-state index contributed by atoms with van der Waals surface area (Å²) in [5, 5.41) is 9.56. The Hall–Kier alpha value is -7.74. The molecule has 0 saturated heterocycles. The van der Waals surface area contributed by atoms with Gasteiger partial charge in [-0.2, -0.15) is 5.26 Å². The van der Waals surface area contributed by atoms with Crippen LogP contribution in [-0.4, -0.2) is 15.0 Å². The third kappa shape index (κ3) is 5.03. The second-order valence-corrected chi connectivity index (χ2v) is 14.7. The van der Waals surface area contributed by atoms with Gasteiger partial charge in [0.05, 0.1) is 28.4 Å². The van der Waals surface area contributed by atoms with Gasteiger partial charge >= 0.3 is 0 Å². The molecule has 0 aliphatic heterocycles. The van der Waals surface area contributed by atoms with E-state index < -0.39 is 5.41 Å². The van der Waals surface area contributed by atoms with Crippen molar-refractivity contribution in [3.05, 3.63) is 222 Å². The van der Waals surface area contributed by atoms with Crippen LogP contribution < -0.4 is 0 Å². The van der Waals surface area contributed by atoms with Gasteiger partial charge in [0.1, 0.15) is 0 Å². The number of nitriles is 1. The van der Waals surface area contributed by atoms with Crippen LogP contribution in [0.15, 0.2) is 194 Å². The number of aromatic nitrogens is 3. The fourth-order valence-corrected chi connectivity index (χ4v) is 9.14. The minimum Gasteiger partial charge on any atom is -0.264 e. The van der Waals surface area contributed by atoms with Crippen molar-refractivity contribution in [3.8, 4) is 84.5 Å². The topological polar surface area (TPSA) is 62.5 Å². The highest BCUT2D eigenvalue weighted by atomic mass is 14.9. The summed E-state index contributed by atoms with van der Waals surface area (Å²) in [5.74, 6) is 0.626. The van der Waals surface area contributed by atoms with Crippen LogP contribution in [0.25, 0.3) is 78.4 Å². The lowest BCUT2D eigenvalue weighted by Crippen LogP contribution is -2.29. The molecule has 9 aromatic rings. The van der Waals surface area contributed by atoms with Crippen LogP contribution in [0.4, 0.5) is 0 Å². The van der Waals surface area contributed by atoms with Crippen molar-refractivity contribution in [1.29, 1.82) is 5.26 Å². The molecular formula is C53H32N4. The number of nitrogens with zero attached hydrogens (tertiary/aromatic N) is 4. The van der Waals surface area contributed by atoms with Gasteiger partial charge in [-0.3, -0.25) is 4.98 Å². The van der Waals surface area contributed by atoms with Crippen molar-refractivity contribution in [2.75, 3.05) is 0 Å². The molecule has 7 aromatic carbocycles. The summed E-state index contributed by atoms with van der Waals surface area (Å²) in [7, 11) is 0. The third-order valence-corrected chi connectivity index (χ3v) is 11.7. The predicted molar refractivity (Wildman–Crippen MR) is 228 cm³/mol. The Bertz CT molecular complexity index is 3020. The van der Waals surface area contributed by atoms with E-state index in [0.29, 0.717) is 11.4 Å². The molecule has 1 spiro atoms. The van der Waals surface area contributed by atoms with Crippen LogP contribution in [0.1, 0.15) is 27.8 Å². The summed E-state index contributed by atoms with van der Waals surface area (Å²) in [6, 6.07) is 66.8. The number of hydrogen-bond acceptors (Lipinski definition) is 4. The zero-order chi connectivity index (χ0) is 37.9. The van der Waals surface area contributed by atoms with E-state index in [0.717, 1.165) is 39.2 Å². The molecule has 2 aliphatic carbocycles. The Morgan fingerprint density at radius 2 is 0.877 bits per heavy atom. The molecule has 0 N–H and O–H groups in total. The first kappa shape index (κ1) is 32.7. The minimum absolute atomic E-state index is 0.595. The van der Waals surface area contributed by atoms with E-state index >= 15 is 0 Å². The van der Waals surface area contributed by atoms with Crippen LogP contribution in [0.5, 0.6) is 0 Å². The summed E-state index contributed by atoms with van der Waals surface area (Å²) < 4.78 is 0. The molecular weight excluding hydrogens is 693 g/mol. The molecule has 2 heterocycles. The van der Waals surface area contributed by atoms with Gasteiger partial charge in [-0.05, 0) is 97.1 Å². The number of hydrogen-bond donors (Lipinski definition) is 0. The van der Waals surface area contributed by atoms with Crippen LogP contribution in [0.3, 0.4) is 0 Å². The average Bonchev–Trinajstić information content (AvgIpc) is 3.54. The molecule has 2 aliphatic rings. The fraction of sp³-hybridized carbons (Fsp3) is 0.0189. The van der Waals surface area contributed by atoms with Gasteiger partial charge in [0.15, 0.2) is 5.82 Å². The van der Waals surface area contributed by atoms with E-state index in [9.17, 15) is 5.26 Å². The van der Waals surface area contributed by atoms with E-state index in [-0.39, 0.29) is 0 Å². The van der Waals surface area contributed by atoms with E-state index in [1.54, 1.807) is 6.20 Å². The molecule has 0 saturated carbocycles. The highest BCUT2D eigenvalue weighted by molar-refractivity contribution is 5.98. The van der Waals surface area contributed by atoms with Crippen molar-refractivity contribution >= 4 is 0 Å². The second kappa shape index (κ2) is 12.9. The van der Waals surface area contributed by atoms with E-state index in [4.69, 9.17) is 9.97 Å². The summed E-state index contributed by atoms with van der Waals surface area (Å²) in [6.07, 6.45) is 3.66. The molecule has 57 heavy (non-hydrogen) atoms. The highest BCUT2D eigenvalue weighted by Gasteiger charge is 2.49. The first-order chi connectivity index (χ1) is 28.2. The van der Waals surface area contributed by atoms with Gasteiger partial charge in [-0.15, -0.1) is 0 Å². The zero-order valence-electron chi connectivity index (χ0n) is 30.8. The third-order valence-electron chi connectivity index (χ3n) is 11.7. The highest BCUT2D eigenvalue weighted by Crippen LogP contribution is 2.61. The molecule has 0 fully saturated rings. The number of benzene rings is 7. The van der Waals surface area contributed by atoms with Crippen LogP contribution >= 0.6 is 0 Å². The Kier molecular flexibility index (Phi) is 7.42. The zero-order valence-corrected chi connectivity index (χ0v) is 30.8. The van der Waals surface area contributed by atoms with Crippen LogP contribution in [0, 0.1) is 11.3 Å². The van der Waals surface area contributed by atoms with Crippen LogP contribution in [-0.2, 0) is 5.41 Å². The molecule has 4 nitrogen and oxygen atoms in total. The molecule has 2 aromatic heterocycles. The van der Waals surface area contributed by atoms with Gasteiger partial charge in [-0.25, -0.2) is 9.97 Å². The van der Waals surface area contributed by atoms with Gasteiger partial charge in [0, 0.05) is 29.1 Å². The summed E-state index contributed by atoms with van der Waals surface area (Å²) >= 11 is 0. The first-order valence-electron chi connectivity index (χ1n) is 19.1. The number of fused-ring (bicyclic) bond motifs is 12. The molecule has 0 bridgehead atoms. The average molecular weight is 725 g/mol. The maximum Gasteiger partial charge on any atom is 0.160 e. The maximum atomic E-state index is 9.56. The predicted octanol–water partition coefficient (Wildman–Crippen LogP) is 12.4. The Balaban J connectivity index is 1.18. The van der Waals surface area contributed by atoms with Gasteiger partial charge in [0.25, 0.3) is 0 Å². The quantitative estimate of drug-likeness (QED) is 0.181. The summed E-state index contributed by atoms with van der Waals surface area (Å²) in [6.45, 7) is 0. The molecule has 0 amide bonds. The smallest absolute Gasteiger partial charge is 0.160 e. The van der Waals surface area contributed by atoms with Crippen molar-refractivity contribution in [2.24, 2.45) is 0 Å². The monoisotopic (exact) mass is 724 g/mol. The lowest BCUT2D eigenvalue weighted by Gasteiger charge is -2.35. The van der Waals surface area contributed by atoms with Crippen molar-refractivity contribution in [1.82, 2.24) is 15.0 Å². The summed E-state index contributed by atoms with van der Waals surface area (Å²) in [5.41, 5.74) is 19.0.